The second-order valence-corrected chi connectivity index (χ2v) is 6.10. The lowest BCUT2D eigenvalue weighted by molar-refractivity contribution is -0.133. The van der Waals surface area contributed by atoms with Crippen molar-refractivity contribution in [1.82, 2.24) is 4.90 Å². The van der Waals surface area contributed by atoms with Gasteiger partial charge in [0.1, 0.15) is 5.75 Å². The standard InChI is InChI=1S/C17H26N2O2/c1-5-19(13-6-7-13)17(20)10-21-16-8-12(4)15(18)9-14(16)11(2)3/h8-9,11,13H,5-7,10,18H2,1-4H3. The number of carbonyl (C=O) groups excluding carboxylic acids is 1. The summed E-state index contributed by atoms with van der Waals surface area (Å²) in [6.45, 7) is 9.03. The van der Waals surface area contributed by atoms with Crippen molar-refractivity contribution in [2.24, 2.45) is 0 Å². The van der Waals surface area contributed by atoms with Gasteiger partial charge in [-0.2, -0.15) is 0 Å². The molecule has 0 heterocycles. The number of benzene rings is 1. The van der Waals surface area contributed by atoms with E-state index in [1.54, 1.807) is 0 Å². The number of nitrogens with two attached hydrogens (primary N) is 1. The Morgan fingerprint density at radius 3 is 2.62 bits per heavy atom. The summed E-state index contributed by atoms with van der Waals surface area (Å²) in [5.74, 6) is 1.16. The maximum atomic E-state index is 12.2. The van der Waals surface area contributed by atoms with Crippen LogP contribution in [0.5, 0.6) is 5.75 Å². The smallest absolute Gasteiger partial charge is 0.260 e. The predicted molar refractivity (Wildman–Crippen MR) is 85.6 cm³/mol. The predicted octanol–water partition coefficient (Wildman–Crippen LogP) is 3.09. The lowest BCUT2D eigenvalue weighted by atomic mass is 9.99. The van der Waals surface area contributed by atoms with Crippen molar-refractivity contribution in [2.45, 2.75) is 52.5 Å². The molecule has 2 rings (SSSR count). The maximum absolute atomic E-state index is 12.2. The molecule has 0 unspecified atom stereocenters. The van der Waals surface area contributed by atoms with Crippen molar-refractivity contribution < 1.29 is 9.53 Å². The summed E-state index contributed by atoms with van der Waals surface area (Å²) in [4.78, 5) is 14.2. The highest BCUT2D eigenvalue weighted by Gasteiger charge is 2.31. The molecule has 1 aliphatic rings. The summed E-state index contributed by atoms with van der Waals surface area (Å²) in [6, 6.07) is 4.33. The molecule has 0 saturated heterocycles. The summed E-state index contributed by atoms with van der Waals surface area (Å²) < 4.78 is 5.81. The van der Waals surface area contributed by atoms with Crippen LogP contribution in [0, 0.1) is 6.92 Å². The third kappa shape index (κ3) is 3.69. The Morgan fingerprint density at radius 1 is 1.43 bits per heavy atom. The Kier molecular flexibility index (Phi) is 4.76. The minimum absolute atomic E-state index is 0.0733. The molecule has 0 spiro atoms. The molecule has 116 valence electrons. The van der Waals surface area contributed by atoms with Crippen molar-refractivity contribution in [3.05, 3.63) is 23.3 Å². The van der Waals surface area contributed by atoms with Crippen LogP contribution in [0.1, 0.15) is 50.7 Å². The first kappa shape index (κ1) is 15.7. The van der Waals surface area contributed by atoms with Crippen LogP contribution >= 0.6 is 0 Å². The highest BCUT2D eigenvalue weighted by atomic mass is 16.5. The zero-order valence-electron chi connectivity index (χ0n) is 13.5. The van der Waals surface area contributed by atoms with Gasteiger partial charge >= 0.3 is 0 Å². The highest BCUT2D eigenvalue weighted by molar-refractivity contribution is 5.78. The zero-order chi connectivity index (χ0) is 15.6. The summed E-state index contributed by atoms with van der Waals surface area (Å²) in [7, 11) is 0. The molecular weight excluding hydrogens is 264 g/mol. The van der Waals surface area contributed by atoms with E-state index in [0.717, 1.165) is 42.0 Å². The van der Waals surface area contributed by atoms with E-state index in [1.807, 2.05) is 30.9 Å². The van der Waals surface area contributed by atoms with E-state index in [9.17, 15) is 4.79 Å². The molecule has 4 heteroatoms. The van der Waals surface area contributed by atoms with Gasteiger partial charge in [-0.15, -0.1) is 0 Å². The summed E-state index contributed by atoms with van der Waals surface area (Å²) >= 11 is 0. The SMILES string of the molecule is CCN(C(=O)COc1cc(C)c(N)cc1C(C)C)C1CC1. The van der Waals surface area contributed by atoms with Gasteiger partial charge in [0.25, 0.3) is 5.91 Å². The molecule has 0 atom stereocenters. The largest absolute Gasteiger partial charge is 0.483 e. The van der Waals surface area contributed by atoms with E-state index in [1.165, 1.54) is 0 Å². The van der Waals surface area contributed by atoms with Crippen LogP contribution in [0.3, 0.4) is 0 Å². The number of carbonyl (C=O) groups is 1. The molecule has 1 aromatic rings. The van der Waals surface area contributed by atoms with Gasteiger partial charge in [-0.25, -0.2) is 0 Å². The van der Waals surface area contributed by atoms with Gasteiger partial charge in [-0.3, -0.25) is 4.79 Å². The number of hydrogen-bond donors (Lipinski definition) is 1. The number of rotatable bonds is 6. The van der Waals surface area contributed by atoms with E-state index >= 15 is 0 Å². The van der Waals surface area contributed by atoms with E-state index in [2.05, 4.69) is 13.8 Å². The van der Waals surface area contributed by atoms with Gasteiger partial charge in [0.05, 0.1) is 0 Å². The fraction of sp³-hybridized carbons (Fsp3) is 0.588. The fourth-order valence-corrected chi connectivity index (χ4v) is 2.54. The summed E-state index contributed by atoms with van der Waals surface area (Å²) in [5, 5.41) is 0. The maximum Gasteiger partial charge on any atom is 0.260 e. The van der Waals surface area contributed by atoms with Gasteiger partial charge in [0.15, 0.2) is 6.61 Å². The number of hydrogen-bond acceptors (Lipinski definition) is 3. The Hall–Kier alpha value is -1.71. The minimum atomic E-state index is 0.0733. The molecule has 1 amide bonds. The average Bonchev–Trinajstić information content (AvgIpc) is 3.25. The molecule has 1 aliphatic carbocycles. The van der Waals surface area contributed by atoms with E-state index in [0.29, 0.717) is 12.0 Å². The quantitative estimate of drug-likeness (QED) is 0.819. The van der Waals surface area contributed by atoms with Crippen LogP contribution in [0.2, 0.25) is 0 Å². The average molecular weight is 290 g/mol. The lowest BCUT2D eigenvalue weighted by Crippen LogP contribution is -2.36. The van der Waals surface area contributed by atoms with Crippen LogP contribution in [-0.4, -0.2) is 30.0 Å². The van der Waals surface area contributed by atoms with Crippen molar-refractivity contribution in [2.75, 3.05) is 18.9 Å². The number of likely N-dealkylation sites (N-methyl/N-ethyl adjacent to an activating group) is 1. The lowest BCUT2D eigenvalue weighted by Gasteiger charge is -2.22. The molecule has 0 radical (unpaired) electrons. The van der Waals surface area contributed by atoms with Crippen molar-refractivity contribution in [1.29, 1.82) is 0 Å². The van der Waals surface area contributed by atoms with Gasteiger partial charge in [0, 0.05) is 18.3 Å². The molecule has 4 nitrogen and oxygen atoms in total. The van der Waals surface area contributed by atoms with E-state index < -0.39 is 0 Å². The molecule has 0 aromatic heterocycles. The summed E-state index contributed by atoms with van der Waals surface area (Å²) in [5.41, 5.74) is 8.78. The van der Waals surface area contributed by atoms with Gasteiger partial charge < -0.3 is 15.4 Å². The fourth-order valence-electron chi connectivity index (χ4n) is 2.54. The van der Waals surface area contributed by atoms with Crippen LogP contribution < -0.4 is 10.5 Å². The number of nitrogens with zero attached hydrogens (tertiary/aromatic N) is 1. The summed E-state index contributed by atoms with van der Waals surface area (Å²) in [6.07, 6.45) is 2.25. The first-order chi connectivity index (χ1) is 9.93. The number of amides is 1. The monoisotopic (exact) mass is 290 g/mol. The van der Waals surface area contributed by atoms with Crippen molar-refractivity contribution in [3.63, 3.8) is 0 Å². The topological polar surface area (TPSA) is 55.6 Å². The molecule has 0 aliphatic heterocycles. The molecule has 1 saturated carbocycles. The molecule has 21 heavy (non-hydrogen) atoms. The van der Waals surface area contributed by atoms with Gasteiger partial charge in [0.2, 0.25) is 0 Å². The second-order valence-electron chi connectivity index (χ2n) is 6.10. The third-order valence-electron chi connectivity index (χ3n) is 4.02. The van der Waals surface area contributed by atoms with Crippen LogP contribution in [0.4, 0.5) is 5.69 Å². The Labute approximate surface area is 127 Å². The highest BCUT2D eigenvalue weighted by Crippen LogP contribution is 2.31. The first-order valence-electron chi connectivity index (χ1n) is 7.76. The Bertz CT molecular complexity index is 522. The van der Waals surface area contributed by atoms with Crippen LogP contribution in [-0.2, 0) is 4.79 Å². The molecule has 2 N–H and O–H groups in total. The van der Waals surface area contributed by atoms with Crippen LogP contribution in [0.15, 0.2) is 12.1 Å². The van der Waals surface area contributed by atoms with E-state index in [4.69, 9.17) is 10.5 Å². The number of nitrogen functional groups attached to an aromatic ring is 1. The number of anilines is 1. The number of aryl methyl sites for hydroxylation is 1. The van der Waals surface area contributed by atoms with Crippen molar-refractivity contribution >= 4 is 11.6 Å². The Balaban J connectivity index is 2.08. The molecule has 0 bridgehead atoms. The third-order valence-corrected chi connectivity index (χ3v) is 4.02. The molecule has 1 aromatic carbocycles. The molecular formula is C17H26N2O2. The second kappa shape index (κ2) is 6.37. The van der Waals surface area contributed by atoms with Crippen molar-refractivity contribution in [3.8, 4) is 5.75 Å². The Morgan fingerprint density at radius 2 is 2.10 bits per heavy atom. The van der Waals surface area contributed by atoms with E-state index in [-0.39, 0.29) is 12.5 Å². The zero-order valence-corrected chi connectivity index (χ0v) is 13.5. The molecule has 1 fully saturated rings. The van der Waals surface area contributed by atoms with Gasteiger partial charge in [-0.05, 0) is 55.9 Å². The first-order valence-corrected chi connectivity index (χ1v) is 7.76. The minimum Gasteiger partial charge on any atom is -0.483 e. The van der Waals surface area contributed by atoms with Crippen LogP contribution in [0.25, 0.3) is 0 Å². The normalized spacial score (nSPS) is 14.3. The van der Waals surface area contributed by atoms with Gasteiger partial charge in [-0.1, -0.05) is 13.8 Å². The number of ether oxygens (including phenoxy) is 1.